The molecule has 4 N–H and O–H groups in total. The third-order valence-electron chi connectivity index (χ3n) is 5.09. The van der Waals surface area contributed by atoms with Gasteiger partial charge in [-0.25, -0.2) is 4.98 Å². The van der Waals surface area contributed by atoms with Crippen LogP contribution in [-0.2, 0) is 17.4 Å². The number of nitrogens with one attached hydrogen (secondary N) is 2. The fourth-order valence-corrected chi connectivity index (χ4v) is 3.57. The number of unbranched alkanes of at least 4 members (excludes halogenated alkanes) is 1. The second kappa shape index (κ2) is 10.7. The molecular weight excluding hydrogens is 445 g/mol. The number of nitrogens with zero attached hydrogens (tertiary/aromatic N) is 3. The Kier molecular flexibility index (Phi) is 8.54. The van der Waals surface area contributed by atoms with Gasteiger partial charge in [-0.1, -0.05) is 13.3 Å². The number of nitrogens with two attached hydrogens (primary N) is 1. The van der Waals surface area contributed by atoms with Crippen LogP contribution >= 0.6 is 12.4 Å². The number of aromatic nitrogens is 2. The number of hydrogen-bond donors (Lipinski definition) is 3. The van der Waals surface area contributed by atoms with Crippen LogP contribution in [0, 0.1) is 0 Å². The summed E-state index contributed by atoms with van der Waals surface area (Å²) in [7, 11) is 0. The first-order chi connectivity index (χ1) is 14.7. The van der Waals surface area contributed by atoms with Crippen LogP contribution in [0.5, 0.6) is 0 Å². The Morgan fingerprint density at radius 1 is 1.28 bits per heavy atom. The Morgan fingerprint density at radius 3 is 2.69 bits per heavy atom. The molecule has 11 heteroatoms. The fourth-order valence-electron chi connectivity index (χ4n) is 3.57. The van der Waals surface area contributed by atoms with E-state index in [1.165, 1.54) is 19.1 Å². The van der Waals surface area contributed by atoms with E-state index in [1.807, 2.05) is 11.0 Å². The van der Waals surface area contributed by atoms with Crippen LogP contribution in [-0.4, -0.2) is 35.0 Å². The van der Waals surface area contributed by atoms with Gasteiger partial charge in [0.05, 0.1) is 5.56 Å². The number of nitrogen functional groups attached to an aromatic ring is 1. The van der Waals surface area contributed by atoms with Gasteiger partial charge in [0.2, 0.25) is 11.9 Å². The van der Waals surface area contributed by atoms with Crippen molar-refractivity contribution in [2.45, 2.75) is 51.7 Å². The van der Waals surface area contributed by atoms with Crippen molar-refractivity contribution in [2.24, 2.45) is 0 Å². The number of alkyl halides is 3. The lowest BCUT2D eigenvalue weighted by molar-refractivity contribution is -0.136. The molecule has 0 aliphatic carbocycles. The van der Waals surface area contributed by atoms with Gasteiger partial charge in [-0.05, 0) is 37.5 Å². The van der Waals surface area contributed by atoms with Crippen molar-refractivity contribution < 1.29 is 18.0 Å². The first-order valence-corrected chi connectivity index (χ1v) is 10.3. The van der Waals surface area contributed by atoms with Crippen molar-refractivity contribution in [3.63, 3.8) is 0 Å². The topological polar surface area (TPSA) is 96.2 Å². The third kappa shape index (κ3) is 6.62. The minimum Gasteiger partial charge on any atom is -0.398 e. The molecule has 2 aromatic rings. The van der Waals surface area contributed by atoms with E-state index in [0.29, 0.717) is 18.9 Å². The quantitative estimate of drug-likeness (QED) is 0.520. The minimum absolute atomic E-state index is 0. The van der Waals surface area contributed by atoms with Crippen LogP contribution in [0.1, 0.15) is 44.4 Å². The number of halogens is 4. The lowest BCUT2D eigenvalue weighted by Gasteiger charge is -2.20. The summed E-state index contributed by atoms with van der Waals surface area (Å²) in [5, 5.41) is 5.81. The maximum atomic E-state index is 13.2. The van der Waals surface area contributed by atoms with Gasteiger partial charge < -0.3 is 21.3 Å². The minimum atomic E-state index is -4.55. The van der Waals surface area contributed by atoms with E-state index in [4.69, 9.17) is 5.73 Å². The monoisotopic (exact) mass is 472 g/mol. The highest BCUT2D eigenvalue weighted by atomic mass is 35.5. The Hall–Kier alpha value is -2.75. The van der Waals surface area contributed by atoms with Crippen molar-refractivity contribution in [1.29, 1.82) is 0 Å². The SMILES string of the molecule is CCCCc1cc(N2CC[C@H](NC(C)=O)C2)nc(Nc2ccc(N)c(C(F)(F)F)c2)n1.Cl. The fraction of sp³-hybridized carbons (Fsp3) is 0.476. The van der Waals surface area contributed by atoms with Gasteiger partial charge in [0.25, 0.3) is 0 Å². The Labute approximate surface area is 191 Å². The highest BCUT2D eigenvalue weighted by Crippen LogP contribution is 2.35. The molecule has 176 valence electrons. The van der Waals surface area contributed by atoms with Crippen LogP contribution in [0.4, 0.5) is 36.3 Å². The molecule has 0 radical (unpaired) electrons. The van der Waals surface area contributed by atoms with Gasteiger partial charge in [-0.15, -0.1) is 12.4 Å². The number of rotatable bonds is 7. The van der Waals surface area contributed by atoms with Gasteiger partial charge >= 0.3 is 6.18 Å². The molecule has 0 unspecified atom stereocenters. The molecule has 3 rings (SSSR count). The van der Waals surface area contributed by atoms with Crippen LogP contribution in [0.2, 0.25) is 0 Å². The number of benzene rings is 1. The van der Waals surface area contributed by atoms with Crippen LogP contribution < -0.4 is 21.3 Å². The van der Waals surface area contributed by atoms with Crippen molar-refractivity contribution in [1.82, 2.24) is 15.3 Å². The molecule has 1 amide bonds. The second-order valence-corrected chi connectivity index (χ2v) is 7.70. The predicted molar refractivity (Wildman–Crippen MR) is 121 cm³/mol. The maximum absolute atomic E-state index is 13.2. The molecular formula is C21H28ClF3N6O. The normalized spacial score (nSPS) is 15.9. The zero-order valence-electron chi connectivity index (χ0n) is 18.0. The molecule has 1 saturated heterocycles. The standard InChI is InChI=1S/C21H27F3N6O.ClH/c1-3-4-5-14-11-19(30-9-8-16(12-30)26-13(2)31)29-20(27-14)28-15-6-7-18(25)17(10-15)21(22,23)24;/h6-7,10-11,16H,3-5,8-9,12,25H2,1-2H3,(H,26,31)(H,27,28,29);1H/t16-;/m0./s1. The Morgan fingerprint density at radius 2 is 2.03 bits per heavy atom. The summed E-state index contributed by atoms with van der Waals surface area (Å²) in [6, 6.07) is 5.58. The molecule has 0 saturated carbocycles. The average molecular weight is 473 g/mol. The lowest BCUT2D eigenvalue weighted by Crippen LogP contribution is -2.35. The van der Waals surface area contributed by atoms with Gasteiger partial charge in [0.15, 0.2) is 0 Å². The molecule has 1 atom stereocenters. The molecule has 1 aliphatic heterocycles. The van der Waals surface area contributed by atoms with Crippen LogP contribution in [0.3, 0.4) is 0 Å². The molecule has 0 bridgehead atoms. The largest absolute Gasteiger partial charge is 0.418 e. The van der Waals surface area contributed by atoms with E-state index in [2.05, 4.69) is 27.5 Å². The molecule has 2 heterocycles. The van der Waals surface area contributed by atoms with E-state index in [0.717, 1.165) is 37.4 Å². The summed E-state index contributed by atoms with van der Waals surface area (Å²) in [5.41, 5.74) is 5.26. The number of carbonyl (C=O) groups is 1. The molecule has 7 nitrogen and oxygen atoms in total. The second-order valence-electron chi connectivity index (χ2n) is 7.70. The van der Waals surface area contributed by atoms with Gasteiger partial charge in [0, 0.05) is 49.2 Å². The third-order valence-corrected chi connectivity index (χ3v) is 5.09. The highest BCUT2D eigenvalue weighted by molar-refractivity contribution is 5.85. The summed E-state index contributed by atoms with van der Waals surface area (Å²) in [6.45, 7) is 4.89. The van der Waals surface area contributed by atoms with Crippen molar-refractivity contribution in [2.75, 3.05) is 29.0 Å². The van der Waals surface area contributed by atoms with E-state index < -0.39 is 11.7 Å². The smallest absolute Gasteiger partial charge is 0.398 e. The lowest BCUT2D eigenvalue weighted by atomic mass is 10.1. The van der Waals surface area contributed by atoms with E-state index in [1.54, 1.807) is 0 Å². The average Bonchev–Trinajstić information content (AvgIpc) is 3.14. The molecule has 1 fully saturated rings. The first-order valence-electron chi connectivity index (χ1n) is 10.3. The first kappa shape index (κ1) is 25.5. The summed E-state index contributed by atoms with van der Waals surface area (Å²) >= 11 is 0. The van der Waals surface area contributed by atoms with Crippen molar-refractivity contribution in [3.8, 4) is 0 Å². The molecule has 1 aliphatic rings. The molecule has 32 heavy (non-hydrogen) atoms. The zero-order chi connectivity index (χ0) is 22.6. The molecule has 0 spiro atoms. The number of aryl methyl sites for hydroxylation is 1. The predicted octanol–water partition coefficient (Wildman–Crippen LogP) is 4.30. The van der Waals surface area contributed by atoms with Crippen molar-refractivity contribution >= 4 is 41.5 Å². The number of anilines is 4. The summed E-state index contributed by atoms with van der Waals surface area (Å²) in [4.78, 5) is 22.4. The number of hydrogen-bond acceptors (Lipinski definition) is 6. The van der Waals surface area contributed by atoms with Gasteiger partial charge in [-0.3, -0.25) is 4.79 Å². The molecule has 1 aromatic carbocycles. The summed E-state index contributed by atoms with van der Waals surface area (Å²) in [6.07, 6.45) is -1.10. The molecule has 1 aromatic heterocycles. The van der Waals surface area contributed by atoms with Crippen LogP contribution in [0.25, 0.3) is 0 Å². The van der Waals surface area contributed by atoms with Gasteiger partial charge in [-0.2, -0.15) is 18.2 Å². The van der Waals surface area contributed by atoms with E-state index >= 15 is 0 Å². The van der Waals surface area contributed by atoms with Crippen molar-refractivity contribution in [3.05, 3.63) is 35.5 Å². The Balaban J connectivity index is 0.00000363. The number of amides is 1. The van der Waals surface area contributed by atoms with Gasteiger partial charge in [0.1, 0.15) is 5.82 Å². The van der Waals surface area contributed by atoms with Crippen LogP contribution in [0.15, 0.2) is 24.3 Å². The van der Waals surface area contributed by atoms with E-state index in [9.17, 15) is 18.0 Å². The number of carbonyl (C=O) groups excluding carboxylic acids is 1. The summed E-state index contributed by atoms with van der Waals surface area (Å²) in [5.74, 6) is 0.830. The highest BCUT2D eigenvalue weighted by Gasteiger charge is 2.33. The Bertz CT molecular complexity index is 940. The zero-order valence-corrected chi connectivity index (χ0v) is 18.8. The summed E-state index contributed by atoms with van der Waals surface area (Å²) < 4.78 is 39.6. The van der Waals surface area contributed by atoms with E-state index in [-0.39, 0.29) is 41.7 Å². The maximum Gasteiger partial charge on any atom is 0.418 e.